The lowest BCUT2D eigenvalue weighted by Gasteiger charge is -2.14. The van der Waals surface area contributed by atoms with E-state index in [0.29, 0.717) is 5.92 Å². The van der Waals surface area contributed by atoms with Gasteiger partial charge in [-0.15, -0.1) is 0 Å². The van der Waals surface area contributed by atoms with E-state index in [9.17, 15) is 0 Å². The van der Waals surface area contributed by atoms with Gasteiger partial charge in [0, 0.05) is 22.3 Å². The van der Waals surface area contributed by atoms with Crippen molar-refractivity contribution in [1.29, 1.82) is 0 Å². The van der Waals surface area contributed by atoms with Gasteiger partial charge in [0.2, 0.25) is 0 Å². The molecule has 1 aromatic heterocycles. The zero-order valence-corrected chi connectivity index (χ0v) is 13.9. The third-order valence-corrected chi connectivity index (χ3v) is 4.12. The average molecular weight is 336 g/mol. The molecule has 2 rings (SSSR count). The summed E-state index contributed by atoms with van der Waals surface area (Å²) in [6.45, 7) is 9.25. The van der Waals surface area contributed by atoms with E-state index in [1.807, 2.05) is 12.3 Å². The quantitative estimate of drug-likeness (QED) is 0.866. The van der Waals surface area contributed by atoms with Gasteiger partial charge in [-0.2, -0.15) is 5.10 Å². The molecule has 0 aliphatic heterocycles. The zero-order valence-electron chi connectivity index (χ0n) is 12.4. The van der Waals surface area contributed by atoms with Crippen LogP contribution in [-0.4, -0.2) is 16.3 Å². The van der Waals surface area contributed by atoms with Crippen LogP contribution in [0.25, 0.3) is 0 Å². The van der Waals surface area contributed by atoms with Crippen molar-refractivity contribution in [2.75, 3.05) is 6.54 Å². The van der Waals surface area contributed by atoms with Crippen LogP contribution in [0.2, 0.25) is 0 Å². The van der Waals surface area contributed by atoms with Crippen LogP contribution >= 0.6 is 15.9 Å². The Morgan fingerprint density at radius 1 is 1.25 bits per heavy atom. The van der Waals surface area contributed by atoms with E-state index in [-0.39, 0.29) is 0 Å². The summed E-state index contributed by atoms with van der Waals surface area (Å²) in [6, 6.07) is 8.32. The Kier molecular flexibility index (Phi) is 5.38. The summed E-state index contributed by atoms with van der Waals surface area (Å²) in [5.41, 5.74) is 3.88. The Morgan fingerprint density at radius 3 is 2.65 bits per heavy atom. The van der Waals surface area contributed by atoms with Crippen molar-refractivity contribution >= 4 is 15.9 Å². The summed E-state index contributed by atoms with van der Waals surface area (Å²) in [5.74, 6) is 0.466. The molecule has 108 valence electrons. The number of aromatic nitrogens is 2. The molecule has 20 heavy (non-hydrogen) atoms. The van der Waals surface area contributed by atoms with E-state index < -0.39 is 0 Å². The summed E-state index contributed by atoms with van der Waals surface area (Å²) in [4.78, 5) is 0. The third kappa shape index (κ3) is 3.49. The molecule has 0 bridgehead atoms. The van der Waals surface area contributed by atoms with Crippen LogP contribution in [0.15, 0.2) is 34.9 Å². The van der Waals surface area contributed by atoms with Gasteiger partial charge in [0.05, 0.1) is 12.7 Å². The smallest absolute Gasteiger partial charge is 0.0673 e. The van der Waals surface area contributed by atoms with E-state index in [2.05, 4.69) is 70.0 Å². The van der Waals surface area contributed by atoms with Gasteiger partial charge >= 0.3 is 0 Å². The number of hydrogen-bond donors (Lipinski definition) is 1. The Bertz CT molecular complexity index is 561. The minimum absolute atomic E-state index is 0.466. The monoisotopic (exact) mass is 335 g/mol. The lowest BCUT2D eigenvalue weighted by Crippen LogP contribution is -2.15. The third-order valence-electron chi connectivity index (χ3n) is 3.35. The topological polar surface area (TPSA) is 29.9 Å². The summed E-state index contributed by atoms with van der Waals surface area (Å²) < 4.78 is 3.26. The first-order valence-corrected chi connectivity index (χ1v) is 7.91. The Labute approximate surface area is 129 Å². The average Bonchev–Trinajstić information content (AvgIpc) is 2.82. The van der Waals surface area contributed by atoms with Gasteiger partial charge < -0.3 is 5.32 Å². The molecule has 1 N–H and O–H groups in total. The summed E-state index contributed by atoms with van der Waals surface area (Å²) in [6.07, 6.45) is 1.99. The molecular weight excluding hydrogens is 314 g/mol. The van der Waals surface area contributed by atoms with Crippen LogP contribution in [0.4, 0.5) is 0 Å². The number of hydrogen-bond acceptors (Lipinski definition) is 2. The highest BCUT2D eigenvalue weighted by Crippen LogP contribution is 2.23. The molecule has 0 radical (unpaired) electrons. The fourth-order valence-electron chi connectivity index (χ4n) is 2.41. The molecule has 0 amide bonds. The fraction of sp³-hybridized carbons (Fsp3) is 0.438. The highest BCUT2D eigenvalue weighted by Gasteiger charge is 2.14. The minimum atomic E-state index is 0.466. The van der Waals surface area contributed by atoms with Crippen LogP contribution in [0, 0.1) is 0 Å². The molecule has 0 unspecified atom stereocenters. The molecule has 0 atom stereocenters. The van der Waals surface area contributed by atoms with E-state index in [1.54, 1.807) is 0 Å². The highest BCUT2D eigenvalue weighted by molar-refractivity contribution is 9.10. The summed E-state index contributed by atoms with van der Waals surface area (Å²) >= 11 is 3.61. The van der Waals surface area contributed by atoms with Crippen molar-refractivity contribution in [2.24, 2.45) is 0 Å². The molecule has 2 aromatic rings. The maximum Gasteiger partial charge on any atom is 0.0673 e. The van der Waals surface area contributed by atoms with Crippen molar-refractivity contribution in [1.82, 2.24) is 15.1 Å². The predicted molar refractivity (Wildman–Crippen MR) is 86.9 cm³/mol. The van der Waals surface area contributed by atoms with Crippen molar-refractivity contribution in [2.45, 2.75) is 39.8 Å². The molecule has 1 aromatic carbocycles. The van der Waals surface area contributed by atoms with Crippen LogP contribution in [0.3, 0.4) is 0 Å². The number of benzene rings is 1. The van der Waals surface area contributed by atoms with Gasteiger partial charge in [-0.3, -0.25) is 4.68 Å². The summed E-state index contributed by atoms with van der Waals surface area (Å²) in [7, 11) is 0. The van der Waals surface area contributed by atoms with E-state index in [1.165, 1.54) is 16.8 Å². The molecule has 0 spiro atoms. The van der Waals surface area contributed by atoms with E-state index in [0.717, 1.165) is 24.1 Å². The first-order chi connectivity index (χ1) is 9.63. The standard InChI is InChI=1S/C16H22BrN3/c1-4-18-9-14-10-19-20(16(14)12(2)3)11-13-7-5-6-8-15(13)17/h5-8,10,12,18H,4,9,11H2,1-3H3. The largest absolute Gasteiger partial charge is 0.313 e. The molecule has 1 heterocycles. The number of nitrogens with zero attached hydrogens (tertiary/aromatic N) is 2. The van der Waals surface area contributed by atoms with Gasteiger partial charge in [0.1, 0.15) is 0 Å². The fourth-order valence-corrected chi connectivity index (χ4v) is 2.82. The van der Waals surface area contributed by atoms with Crippen LogP contribution in [-0.2, 0) is 13.1 Å². The maximum absolute atomic E-state index is 4.58. The molecule has 0 fully saturated rings. The van der Waals surface area contributed by atoms with E-state index in [4.69, 9.17) is 0 Å². The molecule has 0 saturated carbocycles. The molecule has 0 saturated heterocycles. The van der Waals surface area contributed by atoms with Crippen molar-refractivity contribution in [3.63, 3.8) is 0 Å². The summed E-state index contributed by atoms with van der Waals surface area (Å²) in [5, 5.41) is 7.97. The maximum atomic E-state index is 4.58. The molecule has 3 nitrogen and oxygen atoms in total. The van der Waals surface area contributed by atoms with Gasteiger partial charge in [0.25, 0.3) is 0 Å². The second-order valence-electron chi connectivity index (χ2n) is 5.24. The van der Waals surface area contributed by atoms with Gasteiger partial charge in [-0.05, 0) is 24.1 Å². The first-order valence-electron chi connectivity index (χ1n) is 7.12. The molecule has 0 aliphatic carbocycles. The van der Waals surface area contributed by atoms with Crippen molar-refractivity contribution < 1.29 is 0 Å². The normalized spacial score (nSPS) is 11.2. The molecule has 0 aliphatic rings. The predicted octanol–water partition coefficient (Wildman–Crippen LogP) is 3.93. The highest BCUT2D eigenvalue weighted by atomic mass is 79.9. The van der Waals surface area contributed by atoms with Gasteiger partial charge in [-0.25, -0.2) is 0 Å². The Morgan fingerprint density at radius 2 is 2.00 bits per heavy atom. The second-order valence-corrected chi connectivity index (χ2v) is 6.09. The Hall–Kier alpha value is -1.13. The second kappa shape index (κ2) is 7.04. The van der Waals surface area contributed by atoms with Crippen LogP contribution in [0.5, 0.6) is 0 Å². The minimum Gasteiger partial charge on any atom is -0.313 e. The lowest BCUT2D eigenvalue weighted by atomic mass is 10.1. The van der Waals surface area contributed by atoms with Crippen molar-refractivity contribution in [3.8, 4) is 0 Å². The zero-order chi connectivity index (χ0) is 14.5. The first kappa shape index (κ1) is 15.3. The number of nitrogens with one attached hydrogen (secondary N) is 1. The van der Waals surface area contributed by atoms with Gasteiger partial charge in [0.15, 0.2) is 0 Å². The van der Waals surface area contributed by atoms with Gasteiger partial charge in [-0.1, -0.05) is 54.9 Å². The Balaban J connectivity index is 2.28. The van der Waals surface area contributed by atoms with E-state index >= 15 is 0 Å². The molecule has 4 heteroatoms. The molecular formula is C16H22BrN3. The number of rotatable bonds is 6. The lowest BCUT2D eigenvalue weighted by molar-refractivity contribution is 0.608. The SMILES string of the molecule is CCNCc1cnn(Cc2ccccc2Br)c1C(C)C. The van der Waals surface area contributed by atoms with Crippen molar-refractivity contribution in [3.05, 3.63) is 51.8 Å². The van der Waals surface area contributed by atoms with Crippen LogP contribution in [0.1, 0.15) is 43.5 Å². The number of halogens is 1. The van der Waals surface area contributed by atoms with Crippen LogP contribution < -0.4 is 5.32 Å².